The molecule has 5 heteroatoms. The zero-order valence-electron chi connectivity index (χ0n) is 8.37. The molecule has 0 radical (unpaired) electrons. The molecule has 0 spiro atoms. The van der Waals surface area contributed by atoms with Crippen molar-refractivity contribution in [3.05, 3.63) is 29.3 Å². The van der Waals surface area contributed by atoms with Crippen molar-refractivity contribution in [2.24, 2.45) is 0 Å². The molecule has 16 heavy (non-hydrogen) atoms. The number of aliphatic hydroxyl groups is 1. The molecule has 1 atom stereocenters. The van der Waals surface area contributed by atoms with Crippen molar-refractivity contribution in [3.8, 4) is 0 Å². The number of Topliss-reactive ketones (excluding diaryl/α,β-unsaturated/α-hetero) is 1. The summed E-state index contributed by atoms with van der Waals surface area (Å²) in [5.41, 5.74) is 1.69. The fourth-order valence-corrected chi connectivity index (χ4v) is 1.90. The lowest BCUT2D eigenvalue weighted by Crippen LogP contribution is -2.35. The summed E-state index contributed by atoms with van der Waals surface area (Å²) in [6, 6.07) is 5.02. The van der Waals surface area contributed by atoms with Gasteiger partial charge >= 0.3 is 0 Å². The van der Waals surface area contributed by atoms with Gasteiger partial charge in [0.1, 0.15) is 6.10 Å². The smallest absolute Gasteiger partial charge is 0.253 e. The lowest BCUT2D eigenvalue weighted by atomic mass is 9.94. The highest BCUT2D eigenvalue weighted by molar-refractivity contribution is 6.30. The summed E-state index contributed by atoms with van der Waals surface area (Å²) in [7, 11) is 0. The van der Waals surface area contributed by atoms with Crippen LogP contribution in [0, 0.1) is 0 Å². The Morgan fingerprint density at radius 3 is 3.00 bits per heavy atom. The molecule has 0 saturated carbocycles. The van der Waals surface area contributed by atoms with Crippen LogP contribution in [0.4, 0.5) is 5.69 Å². The maximum absolute atomic E-state index is 11.5. The first-order chi connectivity index (χ1) is 7.63. The van der Waals surface area contributed by atoms with Crippen molar-refractivity contribution < 1.29 is 14.7 Å². The summed E-state index contributed by atoms with van der Waals surface area (Å²) < 4.78 is 0. The number of anilines is 1. The molecule has 2 rings (SSSR count). The molecule has 84 valence electrons. The predicted molar refractivity (Wildman–Crippen MR) is 59.8 cm³/mol. The second kappa shape index (κ2) is 4.23. The van der Waals surface area contributed by atoms with Gasteiger partial charge < -0.3 is 10.4 Å². The quantitative estimate of drug-likeness (QED) is 0.597. The maximum atomic E-state index is 11.5. The summed E-state index contributed by atoms with van der Waals surface area (Å²) >= 11 is 5.49. The van der Waals surface area contributed by atoms with Crippen molar-refractivity contribution >= 4 is 29.0 Å². The number of aliphatic hydroxyl groups excluding tert-OH is 1. The number of ketones is 1. The van der Waals surface area contributed by atoms with Crippen LogP contribution in [0.3, 0.4) is 0 Å². The Morgan fingerprint density at radius 1 is 1.56 bits per heavy atom. The molecule has 1 heterocycles. The standard InChI is InChI=1S/C11H10ClNO3/c12-5-10(15)6-2-1-3-8-7(6)4-9(14)11(16)13-8/h1-3,9,14H,4-5H2,(H,13,16). The first kappa shape index (κ1) is 11.1. The number of halogens is 1. The Hall–Kier alpha value is -1.39. The van der Waals surface area contributed by atoms with Gasteiger partial charge in [0.25, 0.3) is 5.91 Å². The molecule has 0 fully saturated rings. The minimum absolute atomic E-state index is 0.111. The number of carbonyl (C=O) groups excluding carboxylic acids is 2. The number of benzene rings is 1. The summed E-state index contributed by atoms with van der Waals surface area (Å²) in [6.45, 7) is 0. The van der Waals surface area contributed by atoms with E-state index in [2.05, 4.69) is 5.32 Å². The third-order valence-electron chi connectivity index (χ3n) is 2.56. The third kappa shape index (κ3) is 1.81. The number of hydrogen-bond acceptors (Lipinski definition) is 3. The monoisotopic (exact) mass is 239 g/mol. The molecule has 1 aromatic rings. The molecule has 0 aromatic heterocycles. The molecule has 1 aromatic carbocycles. The average Bonchev–Trinajstić information content (AvgIpc) is 2.29. The van der Waals surface area contributed by atoms with Crippen LogP contribution < -0.4 is 5.32 Å². The molecular formula is C11H10ClNO3. The summed E-state index contributed by atoms with van der Waals surface area (Å²) in [4.78, 5) is 22.8. The van der Waals surface area contributed by atoms with E-state index in [1.54, 1.807) is 18.2 Å². The van der Waals surface area contributed by atoms with Gasteiger partial charge in [-0.3, -0.25) is 9.59 Å². The lowest BCUT2D eigenvalue weighted by molar-refractivity contribution is -0.124. The van der Waals surface area contributed by atoms with Crippen LogP contribution in [0.5, 0.6) is 0 Å². The van der Waals surface area contributed by atoms with E-state index in [-0.39, 0.29) is 18.1 Å². The third-order valence-corrected chi connectivity index (χ3v) is 2.80. The lowest BCUT2D eigenvalue weighted by Gasteiger charge is -2.22. The highest BCUT2D eigenvalue weighted by atomic mass is 35.5. The zero-order chi connectivity index (χ0) is 11.7. The first-order valence-corrected chi connectivity index (χ1v) is 5.37. The van der Waals surface area contributed by atoms with Crippen LogP contribution in [0.2, 0.25) is 0 Å². The van der Waals surface area contributed by atoms with Crippen LogP contribution in [-0.4, -0.2) is 28.8 Å². The van der Waals surface area contributed by atoms with Gasteiger partial charge in [-0.2, -0.15) is 0 Å². The minimum atomic E-state index is -1.10. The molecule has 0 saturated heterocycles. The fraction of sp³-hybridized carbons (Fsp3) is 0.273. The normalized spacial score (nSPS) is 18.9. The van der Waals surface area contributed by atoms with Gasteiger partial charge in [-0.1, -0.05) is 12.1 Å². The van der Waals surface area contributed by atoms with Gasteiger partial charge in [-0.05, 0) is 11.6 Å². The number of hydrogen-bond donors (Lipinski definition) is 2. The molecule has 2 N–H and O–H groups in total. The number of carbonyl (C=O) groups is 2. The molecule has 1 amide bonds. The molecule has 0 aliphatic carbocycles. The van der Waals surface area contributed by atoms with E-state index in [9.17, 15) is 14.7 Å². The van der Waals surface area contributed by atoms with Crippen molar-refractivity contribution in [1.82, 2.24) is 0 Å². The SMILES string of the molecule is O=C(CCl)c1cccc2c1CC(O)C(=O)N2. The van der Waals surface area contributed by atoms with E-state index in [1.165, 1.54) is 0 Å². The largest absolute Gasteiger partial charge is 0.383 e. The highest BCUT2D eigenvalue weighted by Gasteiger charge is 2.26. The van der Waals surface area contributed by atoms with Gasteiger partial charge in [0.2, 0.25) is 0 Å². The number of fused-ring (bicyclic) bond motifs is 1. The Kier molecular flexibility index (Phi) is 2.94. The predicted octanol–water partition coefficient (Wildman–Crippen LogP) is 0.964. The number of alkyl halides is 1. The fourth-order valence-electron chi connectivity index (χ4n) is 1.76. The van der Waals surface area contributed by atoms with E-state index >= 15 is 0 Å². The van der Waals surface area contributed by atoms with Crippen LogP contribution >= 0.6 is 11.6 Å². The second-order valence-corrected chi connectivity index (χ2v) is 3.86. The summed E-state index contributed by atoms with van der Waals surface area (Å²) in [5, 5.41) is 12.0. The van der Waals surface area contributed by atoms with Crippen molar-refractivity contribution in [1.29, 1.82) is 0 Å². The van der Waals surface area contributed by atoms with E-state index in [0.717, 1.165) is 0 Å². The molecule has 1 aliphatic heterocycles. The molecule has 1 unspecified atom stereocenters. The van der Waals surface area contributed by atoms with Crippen molar-refractivity contribution in [2.75, 3.05) is 11.2 Å². The van der Waals surface area contributed by atoms with Gasteiger partial charge in [-0.25, -0.2) is 0 Å². The topological polar surface area (TPSA) is 66.4 Å². The number of amides is 1. The van der Waals surface area contributed by atoms with E-state index < -0.39 is 12.0 Å². The van der Waals surface area contributed by atoms with E-state index in [0.29, 0.717) is 16.8 Å². The average molecular weight is 240 g/mol. The van der Waals surface area contributed by atoms with E-state index in [4.69, 9.17) is 11.6 Å². The molecule has 1 aliphatic rings. The van der Waals surface area contributed by atoms with Gasteiger partial charge in [-0.15, -0.1) is 11.6 Å². The second-order valence-electron chi connectivity index (χ2n) is 3.60. The molecule has 4 nitrogen and oxygen atoms in total. The Balaban J connectivity index is 2.48. The van der Waals surface area contributed by atoms with Crippen LogP contribution in [-0.2, 0) is 11.2 Å². The number of nitrogens with one attached hydrogen (secondary N) is 1. The Morgan fingerprint density at radius 2 is 2.31 bits per heavy atom. The van der Waals surface area contributed by atoms with Crippen molar-refractivity contribution in [3.63, 3.8) is 0 Å². The van der Waals surface area contributed by atoms with Crippen LogP contribution in [0.15, 0.2) is 18.2 Å². The van der Waals surface area contributed by atoms with Gasteiger partial charge in [0.05, 0.1) is 5.88 Å². The van der Waals surface area contributed by atoms with Crippen LogP contribution in [0.1, 0.15) is 15.9 Å². The summed E-state index contributed by atoms with van der Waals surface area (Å²) in [5.74, 6) is -0.759. The zero-order valence-corrected chi connectivity index (χ0v) is 9.12. The summed E-state index contributed by atoms with van der Waals surface area (Å²) in [6.07, 6.45) is -0.947. The van der Waals surface area contributed by atoms with Gasteiger partial charge in [0, 0.05) is 17.7 Å². The number of rotatable bonds is 2. The van der Waals surface area contributed by atoms with Crippen molar-refractivity contribution in [2.45, 2.75) is 12.5 Å². The van der Waals surface area contributed by atoms with Gasteiger partial charge in [0.15, 0.2) is 5.78 Å². The van der Waals surface area contributed by atoms with Crippen LogP contribution in [0.25, 0.3) is 0 Å². The molecule has 0 bridgehead atoms. The Bertz CT molecular complexity index is 459. The first-order valence-electron chi connectivity index (χ1n) is 4.83. The van der Waals surface area contributed by atoms with E-state index in [1.807, 2.05) is 0 Å². The molecular weight excluding hydrogens is 230 g/mol. The Labute approximate surface area is 97.2 Å². The maximum Gasteiger partial charge on any atom is 0.253 e. The highest BCUT2D eigenvalue weighted by Crippen LogP contribution is 2.26. The minimum Gasteiger partial charge on any atom is -0.383 e.